The standard InChI is InChI=1S/C11H15F3N4/c1-7-5-18(6-8(2)17-7)10-4-15-9(3-16-10)11(12,13)14/h3-4,7-8,17H,5-6H2,1-2H3/t7-,8-/m1/s1. The summed E-state index contributed by atoms with van der Waals surface area (Å²) in [5.74, 6) is 0.489. The van der Waals surface area contributed by atoms with Crippen LogP contribution < -0.4 is 10.2 Å². The number of alkyl halides is 3. The van der Waals surface area contributed by atoms with Crippen LogP contribution in [0.4, 0.5) is 19.0 Å². The zero-order valence-electron chi connectivity index (χ0n) is 10.2. The van der Waals surface area contributed by atoms with Gasteiger partial charge in [-0.1, -0.05) is 0 Å². The molecule has 1 N–H and O–H groups in total. The van der Waals surface area contributed by atoms with Gasteiger partial charge in [0.05, 0.1) is 12.4 Å². The first kappa shape index (κ1) is 13.1. The molecule has 0 bridgehead atoms. The monoisotopic (exact) mass is 260 g/mol. The molecule has 0 spiro atoms. The Morgan fingerprint density at radius 1 is 1.17 bits per heavy atom. The van der Waals surface area contributed by atoms with E-state index in [2.05, 4.69) is 15.3 Å². The summed E-state index contributed by atoms with van der Waals surface area (Å²) < 4.78 is 37.1. The highest BCUT2D eigenvalue weighted by Crippen LogP contribution is 2.27. The molecule has 1 fully saturated rings. The van der Waals surface area contributed by atoms with Gasteiger partial charge < -0.3 is 10.2 Å². The zero-order chi connectivity index (χ0) is 13.3. The van der Waals surface area contributed by atoms with Gasteiger partial charge in [0.1, 0.15) is 5.82 Å². The van der Waals surface area contributed by atoms with E-state index in [1.165, 1.54) is 6.20 Å². The Morgan fingerprint density at radius 2 is 1.78 bits per heavy atom. The fourth-order valence-corrected chi connectivity index (χ4v) is 2.14. The van der Waals surface area contributed by atoms with E-state index in [9.17, 15) is 13.2 Å². The van der Waals surface area contributed by atoms with Crippen molar-refractivity contribution in [3.63, 3.8) is 0 Å². The van der Waals surface area contributed by atoms with Crippen molar-refractivity contribution in [3.05, 3.63) is 18.1 Å². The predicted molar refractivity (Wildman–Crippen MR) is 61.3 cm³/mol. The fraction of sp³-hybridized carbons (Fsp3) is 0.636. The fourth-order valence-electron chi connectivity index (χ4n) is 2.14. The second-order valence-electron chi connectivity index (χ2n) is 4.63. The predicted octanol–water partition coefficient (Wildman–Crippen LogP) is 1.68. The van der Waals surface area contributed by atoms with Crippen molar-refractivity contribution >= 4 is 5.82 Å². The molecule has 0 saturated carbocycles. The molecule has 2 atom stereocenters. The van der Waals surface area contributed by atoms with Gasteiger partial charge in [0, 0.05) is 25.2 Å². The summed E-state index contributed by atoms with van der Waals surface area (Å²) in [6, 6.07) is 0.552. The van der Waals surface area contributed by atoms with Gasteiger partial charge in [-0.3, -0.25) is 0 Å². The van der Waals surface area contributed by atoms with Crippen LogP contribution in [0.1, 0.15) is 19.5 Å². The minimum absolute atomic E-state index is 0.276. The first-order valence-electron chi connectivity index (χ1n) is 5.76. The normalized spacial score (nSPS) is 25.3. The van der Waals surface area contributed by atoms with Gasteiger partial charge in [0.25, 0.3) is 0 Å². The molecule has 4 nitrogen and oxygen atoms in total. The van der Waals surface area contributed by atoms with Gasteiger partial charge in [0.2, 0.25) is 0 Å². The first-order chi connectivity index (χ1) is 8.36. The summed E-state index contributed by atoms with van der Waals surface area (Å²) in [7, 11) is 0. The average molecular weight is 260 g/mol. The molecule has 0 unspecified atom stereocenters. The number of halogens is 3. The lowest BCUT2D eigenvalue weighted by molar-refractivity contribution is -0.141. The molecule has 1 saturated heterocycles. The molecule has 18 heavy (non-hydrogen) atoms. The molecule has 2 heterocycles. The van der Waals surface area contributed by atoms with Crippen LogP contribution >= 0.6 is 0 Å². The van der Waals surface area contributed by atoms with Crippen LogP contribution in [0.25, 0.3) is 0 Å². The number of nitrogens with one attached hydrogen (secondary N) is 1. The van der Waals surface area contributed by atoms with Crippen LogP contribution in [-0.4, -0.2) is 35.1 Å². The van der Waals surface area contributed by atoms with Crippen LogP contribution in [0.3, 0.4) is 0 Å². The molecule has 1 aliphatic rings. The Balaban J connectivity index is 2.14. The van der Waals surface area contributed by atoms with Crippen LogP contribution in [0.15, 0.2) is 12.4 Å². The van der Waals surface area contributed by atoms with Crippen molar-refractivity contribution in [3.8, 4) is 0 Å². The van der Waals surface area contributed by atoms with E-state index in [0.717, 1.165) is 6.20 Å². The Morgan fingerprint density at radius 3 is 2.22 bits per heavy atom. The van der Waals surface area contributed by atoms with Gasteiger partial charge in [-0.25, -0.2) is 9.97 Å². The molecule has 0 aliphatic carbocycles. The van der Waals surface area contributed by atoms with Crippen molar-refractivity contribution in [2.45, 2.75) is 32.1 Å². The smallest absolute Gasteiger partial charge is 0.352 e. The second-order valence-corrected chi connectivity index (χ2v) is 4.63. The summed E-state index contributed by atoms with van der Waals surface area (Å²) >= 11 is 0. The lowest BCUT2D eigenvalue weighted by Crippen LogP contribution is -2.54. The van der Waals surface area contributed by atoms with Gasteiger partial charge in [-0.05, 0) is 13.8 Å². The molecule has 0 radical (unpaired) electrons. The highest BCUT2D eigenvalue weighted by molar-refractivity contribution is 5.37. The van der Waals surface area contributed by atoms with Gasteiger partial charge in [0.15, 0.2) is 5.69 Å². The van der Waals surface area contributed by atoms with Gasteiger partial charge >= 0.3 is 6.18 Å². The topological polar surface area (TPSA) is 41.1 Å². The third kappa shape index (κ3) is 2.90. The van der Waals surface area contributed by atoms with E-state index in [0.29, 0.717) is 18.9 Å². The molecule has 2 rings (SSSR count). The summed E-state index contributed by atoms with van der Waals surface area (Å²) in [4.78, 5) is 9.22. The van der Waals surface area contributed by atoms with Gasteiger partial charge in [-0.15, -0.1) is 0 Å². The summed E-state index contributed by atoms with van der Waals surface area (Å²) in [5, 5.41) is 3.34. The van der Waals surface area contributed by atoms with Crippen molar-refractivity contribution in [1.82, 2.24) is 15.3 Å². The van der Waals surface area contributed by atoms with Crippen molar-refractivity contribution in [2.75, 3.05) is 18.0 Å². The van der Waals surface area contributed by atoms with Crippen molar-refractivity contribution < 1.29 is 13.2 Å². The van der Waals surface area contributed by atoms with E-state index < -0.39 is 11.9 Å². The number of aromatic nitrogens is 2. The van der Waals surface area contributed by atoms with Crippen LogP contribution in [-0.2, 0) is 6.18 Å². The summed E-state index contributed by atoms with van der Waals surface area (Å²) in [6.45, 7) is 5.48. The summed E-state index contributed by atoms with van der Waals surface area (Å²) in [5.41, 5.74) is -0.956. The largest absolute Gasteiger partial charge is 0.434 e. The molecular weight excluding hydrogens is 245 g/mol. The second kappa shape index (κ2) is 4.72. The third-order valence-electron chi connectivity index (χ3n) is 2.81. The maximum Gasteiger partial charge on any atom is 0.434 e. The lowest BCUT2D eigenvalue weighted by Gasteiger charge is -2.36. The number of anilines is 1. The maximum absolute atomic E-state index is 12.4. The van der Waals surface area contributed by atoms with E-state index >= 15 is 0 Å². The number of piperazine rings is 1. The van der Waals surface area contributed by atoms with Gasteiger partial charge in [-0.2, -0.15) is 13.2 Å². The highest BCUT2D eigenvalue weighted by atomic mass is 19.4. The Bertz CT molecular complexity index is 394. The molecule has 100 valence electrons. The van der Waals surface area contributed by atoms with E-state index in [-0.39, 0.29) is 12.1 Å². The number of rotatable bonds is 1. The maximum atomic E-state index is 12.4. The minimum Gasteiger partial charge on any atom is -0.352 e. The Labute approximate surface area is 103 Å². The third-order valence-corrected chi connectivity index (χ3v) is 2.81. The van der Waals surface area contributed by atoms with Crippen LogP contribution in [0, 0.1) is 0 Å². The zero-order valence-corrected chi connectivity index (χ0v) is 10.2. The van der Waals surface area contributed by atoms with Crippen LogP contribution in [0.2, 0.25) is 0 Å². The minimum atomic E-state index is -4.43. The molecule has 1 aromatic heterocycles. The molecule has 1 aromatic rings. The molecule has 0 aromatic carbocycles. The van der Waals surface area contributed by atoms with Crippen molar-refractivity contribution in [1.29, 1.82) is 0 Å². The lowest BCUT2D eigenvalue weighted by atomic mass is 10.1. The van der Waals surface area contributed by atoms with E-state index in [4.69, 9.17) is 0 Å². The molecular formula is C11H15F3N4. The number of nitrogens with zero attached hydrogens (tertiary/aromatic N) is 3. The van der Waals surface area contributed by atoms with E-state index in [1.807, 2.05) is 18.7 Å². The number of hydrogen-bond acceptors (Lipinski definition) is 4. The average Bonchev–Trinajstić information content (AvgIpc) is 2.27. The Kier molecular flexibility index (Phi) is 3.43. The first-order valence-corrected chi connectivity index (χ1v) is 5.76. The Hall–Kier alpha value is -1.37. The molecule has 1 aliphatic heterocycles. The quantitative estimate of drug-likeness (QED) is 0.834. The SMILES string of the molecule is C[C@@H]1CN(c2cnc(C(F)(F)F)cn2)C[C@@H](C)N1. The van der Waals surface area contributed by atoms with E-state index in [1.54, 1.807) is 0 Å². The molecule has 7 heteroatoms. The summed E-state index contributed by atoms with van der Waals surface area (Å²) in [6.07, 6.45) is -2.46. The van der Waals surface area contributed by atoms with Crippen LogP contribution in [0.5, 0.6) is 0 Å². The molecule has 0 amide bonds. The highest BCUT2D eigenvalue weighted by Gasteiger charge is 2.33. The number of hydrogen-bond donors (Lipinski definition) is 1. The van der Waals surface area contributed by atoms with Crippen molar-refractivity contribution in [2.24, 2.45) is 0 Å².